The number of unbranched alkanes of at least 4 members (excludes halogenated alkanes) is 3. The van der Waals surface area contributed by atoms with E-state index < -0.39 is 0 Å². The van der Waals surface area contributed by atoms with E-state index in [1.165, 1.54) is 38.3 Å². The zero-order chi connectivity index (χ0) is 15.9. The number of nitrogens with zero attached hydrogens (tertiary/aromatic N) is 2. The monoisotopic (exact) mass is 307 g/mol. The maximum Gasteiger partial charge on any atom is 0.148 e. The summed E-state index contributed by atoms with van der Waals surface area (Å²) < 4.78 is 14.0. The van der Waals surface area contributed by atoms with Gasteiger partial charge in [0, 0.05) is 24.8 Å². The molecular weight excluding hydrogens is 277 g/mol. The molecular formula is C18H30FN3. The SMILES string of the molecule is CCCCCCN(C)C1CCN(c2ccc(N)cc2F)CC1. The second-order valence-corrected chi connectivity index (χ2v) is 6.47. The molecule has 2 rings (SSSR count). The standard InChI is InChI=1S/C18H30FN3/c1-3-4-5-6-11-21(2)16-9-12-22(13-10-16)18-8-7-15(20)14-17(18)19/h7-8,14,16H,3-6,9-13,20H2,1-2H3. The summed E-state index contributed by atoms with van der Waals surface area (Å²) in [4.78, 5) is 4.64. The molecule has 1 aromatic rings. The minimum atomic E-state index is -0.202. The Morgan fingerprint density at radius 3 is 2.59 bits per heavy atom. The Morgan fingerprint density at radius 1 is 1.23 bits per heavy atom. The lowest BCUT2D eigenvalue weighted by atomic mass is 10.0. The zero-order valence-electron chi connectivity index (χ0n) is 14.0. The van der Waals surface area contributed by atoms with Crippen molar-refractivity contribution in [1.82, 2.24) is 4.90 Å². The molecule has 1 aliphatic rings. The summed E-state index contributed by atoms with van der Waals surface area (Å²) in [5, 5.41) is 0. The third-order valence-electron chi connectivity index (χ3n) is 4.76. The van der Waals surface area contributed by atoms with Crippen molar-refractivity contribution in [3.05, 3.63) is 24.0 Å². The number of nitrogen functional groups attached to an aromatic ring is 1. The maximum atomic E-state index is 14.0. The molecule has 124 valence electrons. The number of rotatable bonds is 7. The van der Waals surface area contributed by atoms with Crippen molar-refractivity contribution in [3.63, 3.8) is 0 Å². The average molecular weight is 307 g/mol. The number of benzene rings is 1. The van der Waals surface area contributed by atoms with Gasteiger partial charge in [-0.15, -0.1) is 0 Å². The van der Waals surface area contributed by atoms with Crippen LogP contribution in [0.5, 0.6) is 0 Å². The Bertz CT molecular complexity index is 456. The van der Waals surface area contributed by atoms with Crippen LogP contribution >= 0.6 is 0 Å². The second kappa shape index (κ2) is 8.37. The molecule has 4 heteroatoms. The normalized spacial score (nSPS) is 16.5. The highest BCUT2D eigenvalue weighted by Gasteiger charge is 2.23. The van der Waals surface area contributed by atoms with E-state index in [0.717, 1.165) is 25.9 Å². The topological polar surface area (TPSA) is 32.5 Å². The van der Waals surface area contributed by atoms with Gasteiger partial charge in [0.2, 0.25) is 0 Å². The van der Waals surface area contributed by atoms with E-state index in [1.54, 1.807) is 12.1 Å². The van der Waals surface area contributed by atoms with Gasteiger partial charge in [0.1, 0.15) is 5.82 Å². The van der Waals surface area contributed by atoms with E-state index in [4.69, 9.17) is 5.73 Å². The Kier molecular flexibility index (Phi) is 6.49. The van der Waals surface area contributed by atoms with Crippen molar-refractivity contribution >= 4 is 11.4 Å². The molecule has 1 saturated heterocycles. The fourth-order valence-corrected chi connectivity index (χ4v) is 3.30. The first kappa shape index (κ1) is 17.1. The summed E-state index contributed by atoms with van der Waals surface area (Å²) in [6.07, 6.45) is 7.45. The number of halogens is 1. The van der Waals surface area contributed by atoms with Crippen molar-refractivity contribution in [1.29, 1.82) is 0 Å². The lowest BCUT2D eigenvalue weighted by molar-refractivity contribution is 0.204. The van der Waals surface area contributed by atoms with Gasteiger partial charge >= 0.3 is 0 Å². The number of anilines is 2. The van der Waals surface area contributed by atoms with E-state index in [9.17, 15) is 4.39 Å². The smallest absolute Gasteiger partial charge is 0.148 e. The van der Waals surface area contributed by atoms with Crippen molar-refractivity contribution in [2.24, 2.45) is 0 Å². The minimum absolute atomic E-state index is 0.202. The molecule has 22 heavy (non-hydrogen) atoms. The van der Waals surface area contributed by atoms with Crippen molar-refractivity contribution in [2.45, 2.75) is 51.5 Å². The molecule has 1 fully saturated rings. The molecule has 0 aliphatic carbocycles. The molecule has 3 nitrogen and oxygen atoms in total. The molecule has 1 heterocycles. The summed E-state index contributed by atoms with van der Waals surface area (Å²) in [5.41, 5.74) is 6.80. The number of piperidine rings is 1. The van der Waals surface area contributed by atoms with Gasteiger partial charge in [-0.2, -0.15) is 0 Å². The van der Waals surface area contributed by atoms with Crippen LogP contribution in [0.25, 0.3) is 0 Å². The predicted molar refractivity (Wildman–Crippen MR) is 92.8 cm³/mol. The van der Waals surface area contributed by atoms with Crippen LogP contribution < -0.4 is 10.6 Å². The summed E-state index contributed by atoms with van der Waals surface area (Å²) in [6, 6.07) is 5.64. The molecule has 1 aliphatic heterocycles. The predicted octanol–water partition coefficient (Wildman–Crippen LogP) is 3.89. The highest BCUT2D eigenvalue weighted by atomic mass is 19.1. The maximum absolute atomic E-state index is 14.0. The quantitative estimate of drug-likeness (QED) is 0.613. The van der Waals surface area contributed by atoms with Crippen LogP contribution in [0.15, 0.2) is 18.2 Å². The molecule has 0 spiro atoms. The molecule has 0 aromatic heterocycles. The Balaban J connectivity index is 1.80. The second-order valence-electron chi connectivity index (χ2n) is 6.47. The number of nitrogens with two attached hydrogens (primary N) is 1. The Morgan fingerprint density at radius 2 is 1.95 bits per heavy atom. The molecule has 0 bridgehead atoms. The van der Waals surface area contributed by atoms with E-state index >= 15 is 0 Å². The Labute approximate surface area is 134 Å². The molecule has 0 unspecified atom stereocenters. The fourth-order valence-electron chi connectivity index (χ4n) is 3.30. The first-order valence-corrected chi connectivity index (χ1v) is 8.62. The van der Waals surface area contributed by atoms with Crippen LogP contribution in [0.2, 0.25) is 0 Å². The summed E-state index contributed by atoms with van der Waals surface area (Å²) in [7, 11) is 2.23. The lowest BCUT2D eigenvalue weighted by Gasteiger charge is -2.38. The molecule has 0 atom stereocenters. The van der Waals surface area contributed by atoms with Gasteiger partial charge in [-0.05, 0) is 51.1 Å². The van der Waals surface area contributed by atoms with Crippen LogP contribution in [-0.4, -0.2) is 37.6 Å². The van der Waals surface area contributed by atoms with Crippen LogP contribution in [0.4, 0.5) is 15.8 Å². The first-order chi connectivity index (χ1) is 10.6. The summed E-state index contributed by atoms with van der Waals surface area (Å²) >= 11 is 0. The van der Waals surface area contributed by atoms with Crippen LogP contribution in [0.1, 0.15) is 45.4 Å². The molecule has 1 aromatic carbocycles. The largest absolute Gasteiger partial charge is 0.399 e. The highest BCUT2D eigenvalue weighted by Crippen LogP contribution is 2.26. The van der Waals surface area contributed by atoms with Crippen molar-refractivity contribution < 1.29 is 4.39 Å². The van der Waals surface area contributed by atoms with Gasteiger partial charge in [0.15, 0.2) is 0 Å². The molecule has 0 saturated carbocycles. The van der Waals surface area contributed by atoms with Gasteiger partial charge in [-0.1, -0.05) is 26.2 Å². The minimum Gasteiger partial charge on any atom is -0.399 e. The van der Waals surface area contributed by atoms with Gasteiger partial charge in [0.05, 0.1) is 5.69 Å². The van der Waals surface area contributed by atoms with Gasteiger partial charge in [-0.3, -0.25) is 0 Å². The first-order valence-electron chi connectivity index (χ1n) is 8.62. The van der Waals surface area contributed by atoms with Gasteiger partial charge < -0.3 is 15.5 Å². The number of hydrogen-bond acceptors (Lipinski definition) is 3. The molecule has 0 radical (unpaired) electrons. The Hall–Kier alpha value is -1.29. The summed E-state index contributed by atoms with van der Waals surface area (Å²) in [6.45, 7) is 5.27. The van der Waals surface area contributed by atoms with Crippen molar-refractivity contribution in [3.8, 4) is 0 Å². The molecule has 2 N–H and O–H groups in total. The average Bonchev–Trinajstić information content (AvgIpc) is 2.52. The van der Waals surface area contributed by atoms with Gasteiger partial charge in [-0.25, -0.2) is 4.39 Å². The third kappa shape index (κ3) is 4.60. The zero-order valence-corrected chi connectivity index (χ0v) is 14.0. The van der Waals surface area contributed by atoms with E-state index in [2.05, 4.69) is 23.8 Å². The molecule has 0 amide bonds. The van der Waals surface area contributed by atoms with Crippen LogP contribution in [0, 0.1) is 5.82 Å². The van der Waals surface area contributed by atoms with Crippen LogP contribution in [-0.2, 0) is 0 Å². The lowest BCUT2D eigenvalue weighted by Crippen LogP contribution is -2.44. The van der Waals surface area contributed by atoms with Crippen molar-refractivity contribution in [2.75, 3.05) is 37.3 Å². The highest BCUT2D eigenvalue weighted by molar-refractivity contribution is 5.54. The summed E-state index contributed by atoms with van der Waals surface area (Å²) in [5.74, 6) is -0.202. The third-order valence-corrected chi connectivity index (χ3v) is 4.76. The van der Waals surface area contributed by atoms with E-state index in [-0.39, 0.29) is 5.82 Å². The van der Waals surface area contributed by atoms with Gasteiger partial charge in [0.25, 0.3) is 0 Å². The number of hydrogen-bond donors (Lipinski definition) is 1. The fraction of sp³-hybridized carbons (Fsp3) is 0.667. The van der Waals surface area contributed by atoms with E-state index in [0.29, 0.717) is 17.4 Å². The van der Waals surface area contributed by atoms with E-state index in [1.807, 2.05) is 0 Å². The van der Waals surface area contributed by atoms with Crippen LogP contribution in [0.3, 0.4) is 0 Å².